The molecule has 0 radical (unpaired) electrons. The number of aliphatic carboxylic acids is 1. The lowest BCUT2D eigenvalue weighted by molar-refractivity contribution is -0.156. The standard InChI is InChI=1S/C17H31NO5/c1-2-3-4-5-6-7-8-11-23-17(21)15(14-16(19)20)18-9-12-22-13-10-18/h15H,2-14H2,1H3,(H,19,20)/t15-/m1/s1. The van der Waals surface area contributed by atoms with Gasteiger partial charge in [-0.25, -0.2) is 0 Å². The summed E-state index contributed by atoms with van der Waals surface area (Å²) < 4.78 is 10.5. The summed E-state index contributed by atoms with van der Waals surface area (Å²) in [6, 6.07) is -0.694. The van der Waals surface area contributed by atoms with Crippen molar-refractivity contribution in [3.8, 4) is 0 Å². The molecule has 6 heteroatoms. The summed E-state index contributed by atoms with van der Waals surface area (Å²) in [5.74, 6) is -1.39. The number of rotatable bonds is 12. The molecule has 0 aromatic rings. The number of carboxylic acid groups (broad SMARTS) is 1. The van der Waals surface area contributed by atoms with Gasteiger partial charge in [-0.2, -0.15) is 0 Å². The molecule has 1 rings (SSSR count). The van der Waals surface area contributed by atoms with Gasteiger partial charge in [0.1, 0.15) is 6.04 Å². The van der Waals surface area contributed by atoms with E-state index in [0.29, 0.717) is 32.9 Å². The number of morpholine rings is 1. The molecular weight excluding hydrogens is 298 g/mol. The molecule has 0 aromatic carbocycles. The third-order valence-electron chi connectivity index (χ3n) is 4.12. The number of nitrogens with zero attached hydrogens (tertiary/aromatic N) is 1. The van der Waals surface area contributed by atoms with Gasteiger partial charge in [-0.3, -0.25) is 14.5 Å². The Hall–Kier alpha value is -1.14. The van der Waals surface area contributed by atoms with Gasteiger partial charge in [0, 0.05) is 13.1 Å². The van der Waals surface area contributed by atoms with Crippen molar-refractivity contribution in [1.82, 2.24) is 4.90 Å². The summed E-state index contributed by atoms with van der Waals surface area (Å²) in [6.45, 7) is 4.78. The molecule has 0 unspecified atom stereocenters. The molecule has 6 nitrogen and oxygen atoms in total. The first-order valence-electron chi connectivity index (χ1n) is 8.85. The van der Waals surface area contributed by atoms with Crippen LogP contribution in [-0.4, -0.2) is 60.9 Å². The Kier molecular flexibility index (Phi) is 10.6. The Morgan fingerprint density at radius 2 is 1.70 bits per heavy atom. The molecule has 0 saturated carbocycles. The van der Waals surface area contributed by atoms with E-state index in [1.165, 1.54) is 32.1 Å². The molecule has 1 aliphatic rings. The fourth-order valence-electron chi connectivity index (χ4n) is 2.74. The van der Waals surface area contributed by atoms with Crippen molar-refractivity contribution < 1.29 is 24.2 Å². The van der Waals surface area contributed by atoms with Crippen molar-refractivity contribution in [1.29, 1.82) is 0 Å². The first-order valence-corrected chi connectivity index (χ1v) is 8.85. The van der Waals surface area contributed by atoms with Crippen LogP contribution in [0.15, 0.2) is 0 Å². The van der Waals surface area contributed by atoms with Crippen molar-refractivity contribution in [3.05, 3.63) is 0 Å². The van der Waals surface area contributed by atoms with E-state index >= 15 is 0 Å². The summed E-state index contributed by atoms with van der Waals surface area (Å²) in [5, 5.41) is 9.01. The second-order valence-electron chi connectivity index (χ2n) is 6.05. The second-order valence-corrected chi connectivity index (χ2v) is 6.05. The Morgan fingerprint density at radius 3 is 2.30 bits per heavy atom. The molecule has 1 saturated heterocycles. The second kappa shape index (κ2) is 12.3. The lowest BCUT2D eigenvalue weighted by Crippen LogP contribution is -2.49. The predicted molar refractivity (Wildman–Crippen MR) is 87.4 cm³/mol. The Bertz CT molecular complexity index is 342. The van der Waals surface area contributed by atoms with Crippen LogP contribution in [0.25, 0.3) is 0 Å². The van der Waals surface area contributed by atoms with Crippen molar-refractivity contribution >= 4 is 11.9 Å². The van der Waals surface area contributed by atoms with Gasteiger partial charge in [-0.05, 0) is 6.42 Å². The SMILES string of the molecule is CCCCCCCCCOC(=O)[C@@H](CC(=O)O)N1CCOCC1. The van der Waals surface area contributed by atoms with Gasteiger partial charge >= 0.3 is 11.9 Å². The fraction of sp³-hybridized carbons (Fsp3) is 0.882. The fourth-order valence-corrected chi connectivity index (χ4v) is 2.74. The highest BCUT2D eigenvalue weighted by Gasteiger charge is 2.30. The lowest BCUT2D eigenvalue weighted by Gasteiger charge is -2.32. The van der Waals surface area contributed by atoms with E-state index in [1.54, 1.807) is 0 Å². The van der Waals surface area contributed by atoms with Crippen molar-refractivity contribution in [2.75, 3.05) is 32.9 Å². The molecular formula is C17H31NO5. The zero-order valence-electron chi connectivity index (χ0n) is 14.3. The molecule has 0 amide bonds. The third-order valence-corrected chi connectivity index (χ3v) is 4.12. The number of carboxylic acids is 1. The first kappa shape index (κ1) is 19.9. The number of hydrogen-bond donors (Lipinski definition) is 1. The highest BCUT2D eigenvalue weighted by molar-refractivity contribution is 5.82. The number of carbonyl (C=O) groups is 2. The van der Waals surface area contributed by atoms with Crippen LogP contribution in [0.1, 0.15) is 58.3 Å². The van der Waals surface area contributed by atoms with Crippen LogP contribution < -0.4 is 0 Å². The van der Waals surface area contributed by atoms with Gasteiger partial charge in [-0.1, -0.05) is 45.4 Å². The Labute approximate surface area is 139 Å². The number of carbonyl (C=O) groups excluding carboxylic acids is 1. The van der Waals surface area contributed by atoms with Gasteiger partial charge in [0.05, 0.1) is 26.2 Å². The summed E-state index contributed by atoms with van der Waals surface area (Å²) in [4.78, 5) is 25.0. The quantitative estimate of drug-likeness (QED) is 0.438. The highest BCUT2D eigenvalue weighted by Crippen LogP contribution is 2.11. The van der Waals surface area contributed by atoms with Gasteiger partial charge in [0.15, 0.2) is 0 Å². The first-order chi connectivity index (χ1) is 11.1. The average Bonchev–Trinajstić information content (AvgIpc) is 2.55. The smallest absolute Gasteiger partial charge is 0.323 e. The maximum atomic E-state index is 12.2. The summed E-state index contributed by atoms with van der Waals surface area (Å²) in [5.41, 5.74) is 0. The molecule has 1 N–H and O–H groups in total. The summed E-state index contributed by atoms with van der Waals surface area (Å²) in [6.07, 6.45) is 7.88. The molecule has 23 heavy (non-hydrogen) atoms. The van der Waals surface area contributed by atoms with E-state index in [2.05, 4.69) is 6.92 Å². The van der Waals surface area contributed by atoms with Crippen LogP contribution in [0.5, 0.6) is 0 Å². The van der Waals surface area contributed by atoms with E-state index in [0.717, 1.165) is 12.8 Å². The number of hydrogen-bond acceptors (Lipinski definition) is 5. The molecule has 1 atom stereocenters. The molecule has 134 valence electrons. The lowest BCUT2D eigenvalue weighted by atomic mass is 10.1. The monoisotopic (exact) mass is 329 g/mol. The van der Waals surface area contributed by atoms with E-state index in [-0.39, 0.29) is 6.42 Å². The van der Waals surface area contributed by atoms with Crippen LogP contribution in [0.4, 0.5) is 0 Å². The maximum Gasteiger partial charge on any atom is 0.323 e. The third kappa shape index (κ3) is 8.91. The van der Waals surface area contributed by atoms with E-state index in [4.69, 9.17) is 14.6 Å². The normalized spacial score (nSPS) is 16.9. The maximum absolute atomic E-state index is 12.2. The summed E-state index contributed by atoms with van der Waals surface area (Å²) in [7, 11) is 0. The van der Waals surface area contributed by atoms with Gasteiger partial charge in [-0.15, -0.1) is 0 Å². The van der Waals surface area contributed by atoms with E-state index in [9.17, 15) is 9.59 Å². The molecule has 1 aliphatic heterocycles. The van der Waals surface area contributed by atoms with Crippen LogP contribution in [0.3, 0.4) is 0 Å². The van der Waals surface area contributed by atoms with Gasteiger partial charge in [0.2, 0.25) is 0 Å². The van der Waals surface area contributed by atoms with Crippen LogP contribution in [-0.2, 0) is 19.1 Å². The largest absolute Gasteiger partial charge is 0.481 e. The van der Waals surface area contributed by atoms with Crippen molar-refractivity contribution in [2.45, 2.75) is 64.3 Å². The zero-order valence-corrected chi connectivity index (χ0v) is 14.3. The topological polar surface area (TPSA) is 76.1 Å². The minimum Gasteiger partial charge on any atom is -0.481 e. The number of unbranched alkanes of at least 4 members (excludes halogenated alkanes) is 6. The minimum absolute atomic E-state index is 0.212. The minimum atomic E-state index is -0.977. The van der Waals surface area contributed by atoms with Crippen LogP contribution in [0.2, 0.25) is 0 Å². The van der Waals surface area contributed by atoms with Gasteiger partial charge in [0.25, 0.3) is 0 Å². The summed E-state index contributed by atoms with van der Waals surface area (Å²) >= 11 is 0. The zero-order chi connectivity index (χ0) is 16.9. The van der Waals surface area contributed by atoms with Crippen LogP contribution in [0, 0.1) is 0 Å². The highest BCUT2D eigenvalue weighted by atomic mass is 16.5. The van der Waals surface area contributed by atoms with Crippen molar-refractivity contribution in [3.63, 3.8) is 0 Å². The molecule has 0 spiro atoms. The van der Waals surface area contributed by atoms with E-state index < -0.39 is 18.0 Å². The van der Waals surface area contributed by atoms with Crippen molar-refractivity contribution in [2.24, 2.45) is 0 Å². The molecule has 1 fully saturated rings. The number of ether oxygens (including phenoxy) is 2. The molecule has 0 aromatic heterocycles. The molecule has 0 bridgehead atoms. The van der Waals surface area contributed by atoms with Gasteiger partial charge < -0.3 is 14.6 Å². The molecule has 1 heterocycles. The molecule has 0 aliphatic carbocycles. The average molecular weight is 329 g/mol. The van der Waals surface area contributed by atoms with E-state index in [1.807, 2.05) is 4.90 Å². The van der Waals surface area contributed by atoms with Crippen LogP contribution >= 0.6 is 0 Å². The predicted octanol–water partition coefficient (Wildman–Crippen LogP) is 2.46. The number of esters is 1. The Balaban J connectivity index is 2.23. The Morgan fingerprint density at radius 1 is 1.09 bits per heavy atom.